The van der Waals surface area contributed by atoms with Crippen molar-refractivity contribution >= 4 is 16.7 Å². The third-order valence-corrected chi connectivity index (χ3v) is 5.08. The Kier molecular flexibility index (Phi) is 9.92. The molecular formula is C22H26F6N2O5. The summed E-state index contributed by atoms with van der Waals surface area (Å²) in [6.45, 7) is 0.851. The van der Waals surface area contributed by atoms with Crippen molar-refractivity contribution < 1.29 is 45.7 Å². The van der Waals surface area contributed by atoms with Crippen molar-refractivity contribution in [3.63, 3.8) is 0 Å². The minimum atomic E-state index is -4.71. The molecule has 1 heterocycles. The lowest BCUT2D eigenvalue weighted by atomic mass is 10.1. The molecule has 0 amide bonds. The maximum Gasteiger partial charge on any atom is 0.425 e. The summed E-state index contributed by atoms with van der Waals surface area (Å²) < 4.78 is 87.0. The molecule has 1 aromatic carbocycles. The molecule has 13 heteroatoms. The first-order chi connectivity index (χ1) is 16.3. The molecule has 0 bridgehead atoms. The van der Waals surface area contributed by atoms with Crippen LogP contribution in [0.2, 0.25) is 0 Å². The maximum absolute atomic E-state index is 12.9. The van der Waals surface area contributed by atoms with Crippen LogP contribution in [0, 0.1) is 0 Å². The minimum absolute atomic E-state index is 0.000516. The van der Waals surface area contributed by atoms with E-state index < -0.39 is 48.9 Å². The van der Waals surface area contributed by atoms with Gasteiger partial charge in [-0.1, -0.05) is 12.1 Å². The Labute approximate surface area is 196 Å². The molecule has 7 nitrogen and oxygen atoms in total. The summed E-state index contributed by atoms with van der Waals surface area (Å²) in [5.41, 5.74) is -0.473. The minimum Gasteiger partial charge on any atom is -0.476 e. The quantitative estimate of drug-likeness (QED) is 0.255. The second-order valence-electron chi connectivity index (χ2n) is 7.92. The summed E-state index contributed by atoms with van der Waals surface area (Å²) in [6.07, 6.45) is -14.6. The standard InChI is InChI=1S/C22H26F6N2O5/c1-14(31)35-18(22(26,27)28)11-5-7-13-34-19-15-8-2-3-9-16(15)20(33)30(29-19)12-6-4-10-17(32)21(23,24)25/h2-3,8-9,17-18,32H,4-7,10-13H2,1H3/t17-,18-/m0/s1. The molecule has 1 N–H and O–H groups in total. The summed E-state index contributed by atoms with van der Waals surface area (Å²) >= 11 is 0. The number of aliphatic hydroxyl groups is 1. The molecule has 196 valence electrons. The summed E-state index contributed by atoms with van der Waals surface area (Å²) in [7, 11) is 0. The van der Waals surface area contributed by atoms with Gasteiger partial charge in [-0.2, -0.15) is 26.3 Å². The number of fused-ring (bicyclic) bond motifs is 1. The maximum atomic E-state index is 12.9. The zero-order chi connectivity index (χ0) is 26.2. The Morgan fingerprint density at radius 2 is 1.63 bits per heavy atom. The van der Waals surface area contributed by atoms with Crippen LogP contribution in [0.4, 0.5) is 26.3 Å². The number of carbonyl (C=O) groups excluding carboxylic acids is 1. The fraction of sp³-hybridized carbons (Fsp3) is 0.591. The van der Waals surface area contributed by atoms with E-state index in [1.54, 1.807) is 18.2 Å². The summed E-state index contributed by atoms with van der Waals surface area (Å²) in [5.74, 6) is -0.975. The van der Waals surface area contributed by atoms with Crippen LogP contribution >= 0.6 is 0 Å². The van der Waals surface area contributed by atoms with E-state index in [1.807, 2.05) is 0 Å². The Hall–Kier alpha value is -2.83. The molecular weight excluding hydrogens is 486 g/mol. The van der Waals surface area contributed by atoms with Crippen molar-refractivity contribution in [1.29, 1.82) is 0 Å². The van der Waals surface area contributed by atoms with Gasteiger partial charge in [0.15, 0.2) is 6.10 Å². The molecule has 0 spiro atoms. The monoisotopic (exact) mass is 512 g/mol. The number of carbonyl (C=O) groups is 1. The van der Waals surface area contributed by atoms with Crippen LogP contribution in [0.5, 0.6) is 5.88 Å². The van der Waals surface area contributed by atoms with Gasteiger partial charge in [-0.05, 0) is 50.7 Å². The van der Waals surface area contributed by atoms with Gasteiger partial charge in [0.1, 0.15) is 6.10 Å². The number of nitrogens with zero attached hydrogens (tertiary/aromatic N) is 2. The first kappa shape index (κ1) is 28.4. The number of aryl methyl sites for hydroxylation is 1. The van der Waals surface area contributed by atoms with Crippen LogP contribution in [-0.2, 0) is 16.1 Å². The SMILES string of the molecule is CC(=O)O[C@@H](CCCCOc1nn(CCCC[C@H](O)C(F)(F)F)c(=O)c2ccccc12)C(F)(F)F. The zero-order valence-corrected chi connectivity index (χ0v) is 18.9. The molecule has 0 saturated carbocycles. The number of hydrogen-bond acceptors (Lipinski definition) is 6. The van der Waals surface area contributed by atoms with Crippen LogP contribution in [0.15, 0.2) is 29.1 Å². The highest BCUT2D eigenvalue weighted by molar-refractivity contribution is 5.85. The van der Waals surface area contributed by atoms with E-state index >= 15 is 0 Å². The van der Waals surface area contributed by atoms with Gasteiger partial charge in [-0.3, -0.25) is 9.59 Å². The van der Waals surface area contributed by atoms with E-state index in [2.05, 4.69) is 9.84 Å². The third-order valence-electron chi connectivity index (χ3n) is 5.08. The first-order valence-corrected chi connectivity index (χ1v) is 10.9. The highest BCUT2D eigenvalue weighted by Crippen LogP contribution is 2.27. The fourth-order valence-electron chi connectivity index (χ4n) is 3.32. The highest BCUT2D eigenvalue weighted by atomic mass is 19.4. The molecule has 0 radical (unpaired) electrons. The number of aliphatic hydroxyl groups excluding tert-OH is 1. The molecule has 0 fully saturated rings. The normalized spacial score (nSPS) is 14.1. The average Bonchev–Trinajstić information content (AvgIpc) is 2.76. The van der Waals surface area contributed by atoms with Crippen LogP contribution in [-0.4, -0.2) is 52.0 Å². The average molecular weight is 512 g/mol. The second-order valence-corrected chi connectivity index (χ2v) is 7.92. The van der Waals surface area contributed by atoms with Crippen LogP contribution in [0.3, 0.4) is 0 Å². The van der Waals surface area contributed by atoms with Crippen LogP contribution < -0.4 is 10.3 Å². The van der Waals surface area contributed by atoms with E-state index in [9.17, 15) is 35.9 Å². The number of halogens is 6. The van der Waals surface area contributed by atoms with E-state index in [-0.39, 0.29) is 50.1 Å². The van der Waals surface area contributed by atoms with Crippen LogP contribution in [0.25, 0.3) is 10.8 Å². The lowest BCUT2D eigenvalue weighted by Gasteiger charge is -2.19. The highest BCUT2D eigenvalue weighted by Gasteiger charge is 2.41. The Morgan fingerprint density at radius 3 is 2.23 bits per heavy atom. The number of benzene rings is 1. The van der Waals surface area contributed by atoms with E-state index in [4.69, 9.17) is 9.84 Å². The lowest BCUT2D eigenvalue weighted by molar-refractivity contribution is -0.221. The van der Waals surface area contributed by atoms with Gasteiger partial charge in [0, 0.05) is 13.5 Å². The predicted octanol–water partition coefficient (Wildman–Crippen LogP) is 4.53. The second kappa shape index (κ2) is 12.2. The summed E-state index contributed by atoms with van der Waals surface area (Å²) in [4.78, 5) is 23.6. The van der Waals surface area contributed by atoms with Crippen LogP contribution in [0.1, 0.15) is 45.4 Å². The van der Waals surface area contributed by atoms with Crippen molar-refractivity contribution in [3.8, 4) is 5.88 Å². The number of unbranched alkanes of at least 4 members (excludes halogenated alkanes) is 2. The van der Waals surface area contributed by atoms with Gasteiger partial charge in [0.05, 0.1) is 17.4 Å². The molecule has 2 rings (SSSR count). The fourth-order valence-corrected chi connectivity index (χ4v) is 3.32. The number of esters is 1. The van der Waals surface area contributed by atoms with Gasteiger partial charge < -0.3 is 14.6 Å². The van der Waals surface area contributed by atoms with Crippen molar-refractivity contribution in [2.75, 3.05) is 6.61 Å². The van der Waals surface area contributed by atoms with E-state index in [0.717, 1.165) is 11.6 Å². The largest absolute Gasteiger partial charge is 0.476 e. The molecule has 0 aliphatic rings. The Morgan fingerprint density at radius 1 is 1.00 bits per heavy atom. The number of ether oxygens (including phenoxy) is 2. The molecule has 0 aliphatic carbocycles. The molecule has 0 unspecified atom stereocenters. The topological polar surface area (TPSA) is 90.7 Å². The van der Waals surface area contributed by atoms with Gasteiger partial charge in [-0.15, -0.1) is 5.10 Å². The van der Waals surface area contributed by atoms with E-state index in [0.29, 0.717) is 5.39 Å². The first-order valence-electron chi connectivity index (χ1n) is 10.9. The van der Waals surface area contributed by atoms with E-state index in [1.165, 1.54) is 6.07 Å². The smallest absolute Gasteiger partial charge is 0.425 e. The van der Waals surface area contributed by atoms with Crippen molar-refractivity contribution in [1.82, 2.24) is 9.78 Å². The van der Waals surface area contributed by atoms with Crippen molar-refractivity contribution in [3.05, 3.63) is 34.6 Å². The number of alkyl halides is 6. The van der Waals surface area contributed by atoms with Gasteiger partial charge in [0.25, 0.3) is 5.56 Å². The Bertz CT molecular complexity index is 1040. The number of hydrogen-bond donors (Lipinski definition) is 1. The number of aromatic nitrogens is 2. The predicted molar refractivity (Wildman–Crippen MR) is 113 cm³/mol. The van der Waals surface area contributed by atoms with Gasteiger partial charge >= 0.3 is 18.3 Å². The number of rotatable bonds is 12. The third kappa shape index (κ3) is 8.71. The molecule has 2 aromatic rings. The molecule has 1 aromatic heterocycles. The zero-order valence-electron chi connectivity index (χ0n) is 18.9. The summed E-state index contributed by atoms with van der Waals surface area (Å²) in [6, 6.07) is 6.38. The van der Waals surface area contributed by atoms with Gasteiger partial charge in [-0.25, -0.2) is 4.68 Å². The molecule has 2 atom stereocenters. The lowest BCUT2D eigenvalue weighted by Crippen LogP contribution is -2.33. The van der Waals surface area contributed by atoms with Crippen molar-refractivity contribution in [2.24, 2.45) is 0 Å². The summed E-state index contributed by atoms with van der Waals surface area (Å²) in [5, 5.41) is 13.8. The Balaban J connectivity index is 2.00. The molecule has 35 heavy (non-hydrogen) atoms. The molecule has 0 saturated heterocycles. The van der Waals surface area contributed by atoms with Crippen molar-refractivity contribution in [2.45, 2.75) is 76.6 Å². The van der Waals surface area contributed by atoms with Gasteiger partial charge in [0.2, 0.25) is 5.88 Å². The molecule has 0 aliphatic heterocycles.